The SMILES string of the molecule is O=C(CC(NC(=O)c1ccccc1Cl)c1ccccc1)Nc1cc(Cl)ccc1N1CCOCC1. The van der Waals surface area contributed by atoms with E-state index in [9.17, 15) is 9.59 Å². The van der Waals surface area contributed by atoms with Gasteiger partial charge in [-0.25, -0.2) is 0 Å². The minimum absolute atomic E-state index is 0.0370. The second-order valence-electron chi connectivity index (χ2n) is 7.93. The minimum Gasteiger partial charge on any atom is -0.378 e. The van der Waals surface area contributed by atoms with Gasteiger partial charge in [0, 0.05) is 18.1 Å². The van der Waals surface area contributed by atoms with Crippen LogP contribution in [0.1, 0.15) is 28.4 Å². The monoisotopic (exact) mass is 497 g/mol. The van der Waals surface area contributed by atoms with E-state index in [0.29, 0.717) is 34.5 Å². The van der Waals surface area contributed by atoms with Crippen LogP contribution in [0.15, 0.2) is 72.8 Å². The summed E-state index contributed by atoms with van der Waals surface area (Å²) in [4.78, 5) is 28.2. The van der Waals surface area contributed by atoms with Gasteiger partial charge in [-0.05, 0) is 35.9 Å². The number of hydrogen-bond donors (Lipinski definition) is 2. The van der Waals surface area contributed by atoms with Crippen molar-refractivity contribution in [2.24, 2.45) is 0 Å². The largest absolute Gasteiger partial charge is 0.378 e. The summed E-state index contributed by atoms with van der Waals surface area (Å²) in [5.41, 5.74) is 2.69. The molecule has 1 unspecified atom stereocenters. The molecule has 6 nitrogen and oxygen atoms in total. The second kappa shape index (κ2) is 11.4. The highest BCUT2D eigenvalue weighted by Crippen LogP contribution is 2.30. The zero-order valence-electron chi connectivity index (χ0n) is 18.5. The quantitative estimate of drug-likeness (QED) is 0.462. The molecule has 3 aromatic carbocycles. The first-order valence-electron chi connectivity index (χ1n) is 11.0. The lowest BCUT2D eigenvalue weighted by Crippen LogP contribution is -2.37. The predicted molar refractivity (Wildman–Crippen MR) is 136 cm³/mol. The third-order valence-electron chi connectivity index (χ3n) is 5.60. The molecule has 1 atom stereocenters. The number of halogens is 2. The van der Waals surface area contributed by atoms with Crippen molar-refractivity contribution in [2.45, 2.75) is 12.5 Å². The van der Waals surface area contributed by atoms with Crippen LogP contribution in [0.4, 0.5) is 11.4 Å². The van der Waals surface area contributed by atoms with Gasteiger partial charge in [0.15, 0.2) is 0 Å². The number of hydrogen-bond acceptors (Lipinski definition) is 4. The Balaban J connectivity index is 1.53. The summed E-state index contributed by atoms with van der Waals surface area (Å²) in [7, 11) is 0. The van der Waals surface area contributed by atoms with Crippen molar-refractivity contribution in [1.29, 1.82) is 0 Å². The average Bonchev–Trinajstić information content (AvgIpc) is 2.85. The lowest BCUT2D eigenvalue weighted by atomic mass is 10.0. The van der Waals surface area contributed by atoms with Crippen LogP contribution in [-0.2, 0) is 9.53 Å². The molecule has 0 aliphatic carbocycles. The van der Waals surface area contributed by atoms with Gasteiger partial charge in [0.05, 0.1) is 47.6 Å². The molecule has 1 aliphatic rings. The number of nitrogens with zero attached hydrogens (tertiary/aromatic N) is 1. The molecule has 34 heavy (non-hydrogen) atoms. The van der Waals surface area contributed by atoms with E-state index in [1.165, 1.54) is 0 Å². The Morgan fingerprint density at radius 2 is 1.65 bits per heavy atom. The fourth-order valence-corrected chi connectivity index (χ4v) is 4.29. The molecule has 4 rings (SSSR count). The third kappa shape index (κ3) is 6.08. The number of carbonyl (C=O) groups is 2. The fourth-order valence-electron chi connectivity index (χ4n) is 3.89. The van der Waals surface area contributed by atoms with E-state index in [-0.39, 0.29) is 18.2 Å². The van der Waals surface area contributed by atoms with Crippen LogP contribution < -0.4 is 15.5 Å². The number of amides is 2. The topological polar surface area (TPSA) is 70.7 Å². The van der Waals surface area contributed by atoms with Crippen molar-refractivity contribution in [2.75, 3.05) is 36.5 Å². The Morgan fingerprint density at radius 3 is 2.38 bits per heavy atom. The van der Waals surface area contributed by atoms with Gasteiger partial charge in [-0.2, -0.15) is 0 Å². The minimum atomic E-state index is -0.545. The molecule has 2 amide bonds. The molecule has 0 saturated carbocycles. The van der Waals surface area contributed by atoms with E-state index >= 15 is 0 Å². The van der Waals surface area contributed by atoms with Crippen molar-refractivity contribution in [1.82, 2.24) is 5.32 Å². The summed E-state index contributed by atoms with van der Waals surface area (Å²) in [5.74, 6) is -0.589. The molecule has 176 valence electrons. The zero-order chi connectivity index (χ0) is 23.9. The molecule has 2 N–H and O–H groups in total. The Labute approximate surface area is 208 Å². The van der Waals surface area contributed by atoms with Gasteiger partial charge in [-0.1, -0.05) is 65.7 Å². The highest BCUT2D eigenvalue weighted by molar-refractivity contribution is 6.33. The molecule has 3 aromatic rings. The van der Waals surface area contributed by atoms with Gasteiger partial charge in [0.25, 0.3) is 5.91 Å². The first-order chi connectivity index (χ1) is 16.5. The third-order valence-corrected chi connectivity index (χ3v) is 6.16. The summed E-state index contributed by atoms with van der Waals surface area (Å²) in [5, 5.41) is 6.83. The van der Waals surface area contributed by atoms with Crippen molar-refractivity contribution in [3.8, 4) is 0 Å². The van der Waals surface area contributed by atoms with Crippen LogP contribution in [0, 0.1) is 0 Å². The Morgan fingerprint density at radius 1 is 0.941 bits per heavy atom. The molecular formula is C26H25Cl2N3O3. The summed E-state index contributed by atoms with van der Waals surface area (Å²) in [6, 6.07) is 21.1. The Hall–Kier alpha value is -3.06. The van der Waals surface area contributed by atoms with Gasteiger partial charge < -0.3 is 20.3 Å². The molecule has 0 spiro atoms. The van der Waals surface area contributed by atoms with Gasteiger partial charge in [-0.15, -0.1) is 0 Å². The van der Waals surface area contributed by atoms with E-state index in [1.807, 2.05) is 36.4 Å². The molecule has 1 fully saturated rings. The Kier molecular flexibility index (Phi) is 8.06. The van der Waals surface area contributed by atoms with Crippen LogP contribution in [0.5, 0.6) is 0 Å². The summed E-state index contributed by atoms with van der Waals surface area (Å²) in [6.45, 7) is 2.70. The summed E-state index contributed by atoms with van der Waals surface area (Å²) in [6.07, 6.45) is 0.0370. The van der Waals surface area contributed by atoms with Crippen molar-refractivity contribution < 1.29 is 14.3 Å². The van der Waals surface area contributed by atoms with Crippen LogP contribution >= 0.6 is 23.2 Å². The number of benzene rings is 3. The molecule has 1 heterocycles. The van der Waals surface area contributed by atoms with Gasteiger partial charge in [-0.3, -0.25) is 9.59 Å². The molecule has 0 aromatic heterocycles. The normalized spacial score (nSPS) is 14.4. The van der Waals surface area contributed by atoms with Crippen molar-refractivity contribution in [3.05, 3.63) is 94.0 Å². The van der Waals surface area contributed by atoms with E-state index in [1.54, 1.807) is 36.4 Å². The van der Waals surface area contributed by atoms with Crippen LogP contribution in [0.3, 0.4) is 0 Å². The average molecular weight is 498 g/mol. The van der Waals surface area contributed by atoms with Gasteiger partial charge in [0.2, 0.25) is 5.91 Å². The van der Waals surface area contributed by atoms with Crippen LogP contribution in [0.2, 0.25) is 10.0 Å². The number of anilines is 2. The zero-order valence-corrected chi connectivity index (χ0v) is 20.0. The summed E-state index contributed by atoms with van der Waals surface area (Å²) < 4.78 is 5.44. The Bertz CT molecular complexity index is 1150. The van der Waals surface area contributed by atoms with E-state index in [0.717, 1.165) is 24.3 Å². The molecule has 1 aliphatic heterocycles. The highest BCUT2D eigenvalue weighted by atomic mass is 35.5. The number of nitrogens with one attached hydrogen (secondary N) is 2. The highest BCUT2D eigenvalue weighted by Gasteiger charge is 2.22. The molecule has 0 radical (unpaired) electrons. The fraction of sp³-hybridized carbons (Fsp3) is 0.231. The molecular weight excluding hydrogens is 473 g/mol. The van der Waals surface area contributed by atoms with Gasteiger partial charge in [0.1, 0.15) is 0 Å². The lowest BCUT2D eigenvalue weighted by Gasteiger charge is -2.30. The van der Waals surface area contributed by atoms with Gasteiger partial charge >= 0.3 is 0 Å². The molecule has 8 heteroatoms. The predicted octanol–water partition coefficient (Wildman–Crippen LogP) is 5.33. The maximum atomic E-state index is 13.2. The first-order valence-corrected chi connectivity index (χ1v) is 11.8. The number of rotatable bonds is 7. The standard InChI is InChI=1S/C26H25Cl2N3O3/c27-19-10-11-24(31-12-14-34-15-13-31)23(16-19)29-25(32)17-22(18-6-2-1-3-7-18)30-26(33)20-8-4-5-9-21(20)28/h1-11,16,22H,12-15,17H2,(H,29,32)(H,30,33). The summed E-state index contributed by atoms with van der Waals surface area (Å²) >= 11 is 12.4. The van der Waals surface area contributed by atoms with E-state index < -0.39 is 6.04 Å². The smallest absolute Gasteiger partial charge is 0.253 e. The van der Waals surface area contributed by atoms with Crippen molar-refractivity contribution in [3.63, 3.8) is 0 Å². The maximum absolute atomic E-state index is 13.2. The number of carbonyl (C=O) groups excluding carboxylic acids is 2. The second-order valence-corrected chi connectivity index (χ2v) is 8.77. The van der Waals surface area contributed by atoms with E-state index in [2.05, 4.69) is 15.5 Å². The maximum Gasteiger partial charge on any atom is 0.253 e. The van der Waals surface area contributed by atoms with Crippen LogP contribution in [0.25, 0.3) is 0 Å². The van der Waals surface area contributed by atoms with Crippen LogP contribution in [-0.4, -0.2) is 38.1 Å². The first kappa shape index (κ1) is 24.1. The molecule has 0 bridgehead atoms. The van der Waals surface area contributed by atoms with Crippen molar-refractivity contribution >= 4 is 46.4 Å². The van der Waals surface area contributed by atoms with E-state index in [4.69, 9.17) is 27.9 Å². The number of morpholine rings is 1. The molecule has 1 saturated heterocycles. The number of ether oxygens (including phenoxy) is 1. The lowest BCUT2D eigenvalue weighted by molar-refractivity contribution is -0.116.